The third-order valence-electron chi connectivity index (χ3n) is 1.40. The number of carbonyl (C=O) groups excluding carboxylic acids is 1. The Kier molecular flexibility index (Phi) is 3.63. The lowest BCUT2D eigenvalue weighted by Gasteiger charge is -1.97. The number of amides is 1. The average Bonchev–Trinajstić information content (AvgIpc) is 2.43. The van der Waals surface area contributed by atoms with Crippen LogP contribution in [0.15, 0.2) is 10.2 Å². The number of thioether (sulfide) groups is 1. The van der Waals surface area contributed by atoms with Crippen LogP contribution in [0.4, 0.5) is 0 Å². The number of nitrogens with one attached hydrogen (secondary N) is 1. The Labute approximate surface area is 84.5 Å². The zero-order valence-corrected chi connectivity index (χ0v) is 8.24. The molecule has 1 aliphatic heterocycles. The molecular formula is C7H9N3O3S. The minimum absolute atomic E-state index is 0.203. The Bertz CT molecular complexity index is 313. The van der Waals surface area contributed by atoms with Gasteiger partial charge in [-0.25, -0.2) is 0 Å². The molecule has 0 saturated carbocycles. The Balaban J connectivity index is 2.60. The SMILES string of the molecule is C/C=N/N=C1\NC(=O)C(CC(=O)O)S1. The highest BCUT2D eigenvalue weighted by Crippen LogP contribution is 2.22. The summed E-state index contributed by atoms with van der Waals surface area (Å²) in [5.41, 5.74) is 0. The van der Waals surface area contributed by atoms with Gasteiger partial charge in [-0.1, -0.05) is 11.8 Å². The van der Waals surface area contributed by atoms with Gasteiger partial charge in [-0.15, -0.1) is 5.10 Å². The molecule has 1 aliphatic rings. The number of carboxylic acids is 1. The molecule has 0 aromatic rings. The Hall–Kier alpha value is -1.37. The predicted octanol–water partition coefficient (Wildman–Crippen LogP) is 0.0544. The van der Waals surface area contributed by atoms with Gasteiger partial charge >= 0.3 is 5.97 Å². The van der Waals surface area contributed by atoms with Crippen LogP contribution in [0.2, 0.25) is 0 Å². The van der Waals surface area contributed by atoms with Gasteiger partial charge in [-0.3, -0.25) is 9.59 Å². The first-order valence-electron chi connectivity index (χ1n) is 3.88. The summed E-state index contributed by atoms with van der Waals surface area (Å²) >= 11 is 1.08. The molecule has 0 radical (unpaired) electrons. The fraction of sp³-hybridized carbons (Fsp3) is 0.429. The van der Waals surface area contributed by atoms with Crippen LogP contribution in [-0.2, 0) is 9.59 Å². The number of carbonyl (C=O) groups is 2. The number of aliphatic carboxylic acids is 1. The monoisotopic (exact) mass is 215 g/mol. The van der Waals surface area contributed by atoms with Crippen molar-refractivity contribution in [2.75, 3.05) is 0 Å². The first-order chi connectivity index (χ1) is 6.63. The number of rotatable bonds is 3. The van der Waals surface area contributed by atoms with E-state index in [1.54, 1.807) is 6.92 Å². The van der Waals surface area contributed by atoms with Gasteiger partial charge in [0.15, 0.2) is 5.17 Å². The molecule has 0 aromatic carbocycles. The van der Waals surface area contributed by atoms with Crippen LogP contribution in [-0.4, -0.2) is 33.6 Å². The standard InChI is InChI=1S/C7H9N3O3S/c1-2-8-10-7-9-6(13)4(14-7)3-5(11)12/h2,4H,3H2,1H3,(H,11,12)(H,9,10,13)/b8-2+. The molecule has 1 heterocycles. The lowest BCUT2D eigenvalue weighted by atomic mass is 10.3. The summed E-state index contributed by atoms with van der Waals surface area (Å²) in [6.45, 7) is 1.69. The van der Waals surface area contributed by atoms with Gasteiger partial charge in [0.1, 0.15) is 5.25 Å². The summed E-state index contributed by atoms with van der Waals surface area (Å²) in [5.74, 6) is -1.33. The molecule has 14 heavy (non-hydrogen) atoms. The molecular weight excluding hydrogens is 206 g/mol. The largest absolute Gasteiger partial charge is 0.481 e. The molecule has 2 N–H and O–H groups in total. The number of hydrogen-bond acceptors (Lipinski definition) is 5. The van der Waals surface area contributed by atoms with E-state index in [0.717, 1.165) is 11.8 Å². The second-order valence-electron chi connectivity index (χ2n) is 2.47. The smallest absolute Gasteiger partial charge is 0.305 e. The predicted molar refractivity (Wildman–Crippen MR) is 53.4 cm³/mol. The van der Waals surface area contributed by atoms with Crippen molar-refractivity contribution in [3.8, 4) is 0 Å². The van der Waals surface area contributed by atoms with E-state index in [1.807, 2.05) is 0 Å². The van der Waals surface area contributed by atoms with Crippen molar-refractivity contribution in [2.45, 2.75) is 18.6 Å². The highest BCUT2D eigenvalue weighted by Gasteiger charge is 2.31. The maximum absolute atomic E-state index is 11.2. The van der Waals surface area contributed by atoms with Gasteiger partial charge < -0.3 is 10.4 Å². The number of carboxylic acid groups (broad SMARTS) is 1. The van der Waals surface area contributed by atoms with Crippen LogP contribution in [0.25, 0.3) is 0 Å². The van der Waals surface area contributed by atoms with E-state index in [9.17, 15) is 9.59 Å². The van der Waals surface area contributed by atoms with Crippen LogP contribution in [0, 0.1) is 0 Å². The highest BCUT2D eigenvalue weighted by molar-refractivity contribution is 8.15. The van der Waals surface area contributed by atoms with Crippen LogP contribution in [0.1, 0.15) is 13.3 Å². The maximum atomic E-state index is 11.2. The zero-order valence-electron chi connectivity index (χ0n) is 7.43. The van der Waals surface area contributed by atoms with Gasteiger partial charge in [-0.2, -0.15) is 5.10 Å². The summed E-state index contributed by atoms with van der Waals surface area (Å²) < 4.78 is 0. The van der Waals surface area contributed by atoms with E-state index in [1.165, 1.54) is 6.21 Å². The molecule has 0 spiro atoms. The second kappa shape index (κ2) is 4.75. The number of hydrogen-bond donors (Lipinski definition) is 2. The summed E-state index contributed by atoms with van der Waals surface area (Å²) in [5, 5.41) is 17.9. The molecule has 1 atom stereocenters. The van der Waals surface area contributed by atoms with Crippen LogP contribution in [0.3, 0.4) is 0 Å². The van der Waals surface area contributed by atoms with E-state index in [4.69, 9.17) is 5.11 Å². The zero-order chi connectivity index (χ0) is 10.6. The number of nitrogens with zero attached hydrogens (tertiary/aromatic N) is 2. The van der Waals surface area contributed by atoms with Gasteiger partial charge in [-0.05, 0) is 6.92 Å². The third-order valence-corrected chi connectivity index (χ3v) is 2.47. The molecule has 6 nitrogen and oxygen atoms in total. The van der Waals surface area contributed by atoms with E-state index < -0.39 is 11.2 Å². The number of amidine groups is 1. The molecule has 0 aromatic heterocycles. The summed E-state index contributed by atoms with van der Waals surface area (Å²) in [7, 11) is 0. The van der Waals surface area contributed by atoms with Crippen molar-refractivity contribution >= 4 is 35.0 Å². The second-order valence-corrected chi connectivity index (χ2v) is 3.66. The summed E-state index contributed by atoms with van der Waals surface area (Å²) in [6.07, 6.45) is 1.27. The topological polar surface area (TPSA) is 91.1 Å². The van der Waals surface area contributed by atoms with Gasteiger partial charge in [0.25, 0.3) is 0 Å². The Morgan fingerprint density at radius 2 is 2.50 bits per heavy atom. The van der Waals surface area contributed by atoms with E-state index in [0.29, 0.717) is 5.17 Å². The van der Waals surface area contributed by atoms with Crippen molar-refractivity contribution in [3.63, 3.8) is 0 Å². The fourth-order valence-corrected chi connectivity index (χ4v) is 1.77. The van der Waals surface area contributed by atoms with Crippen LogP contribution < -0.4 is 5.32 Å². The van der Waals surface area contributed by atoms with Crippen LogP contribution in [0.5, 0.6) is 0 Å². The van der Waals surface area contributed by atoms with Gasteiger partial charge in [0, 0.05) is 6.21 Å². The van der Waals surface area contributed by atoms with Crippen LogP contribution >= 0.6 is 11.8 Å². The molecule has 1 amide bonds. The van der Waals surface area contributed by atoms with Crippen molar-refractivity contribution in [3.05, 3.63) is 0 Å². The molecule has 76 valence electrons. The lowest BCUT2D eigenvalue weighted by Crippen LogP contribution is -2.26. The Morgan fingerprint density at radius 1 is 1.79 bits per heavy atom. The van der Waals surface area contributed by atoms with E-state index in [-0.39, 0.29) is 12.3 Å². The quantitative estimate of drug-likeness (QED) is 0.514. The van der Waals surface area contributed by atoms with Gasteiger partial charge in [0.2, 0.25) is 5.91 Å². The highest BCUT2D eigenvalue weighted by atomic mass is 32.2. The lowest BCUT2D eigenvalue weighted by molar-refractivity contribution is -0.138. The average molecular weight is 215 g/mol. The van der Waals surface area contributed by atoms with Crippen molar-refractivity contribution in [1.29, 1.82) is 0 Å². The molecule has 1 fully saturated rings. The molecule has 1 rings (SSSR count). The third kappa shape index (κ3) is 2.84. The molecule has 0 aliphatic carbocycles. The molecule has 7 heteroatoms. The normalized spacial score (nSPS) is 24.5. The first-order valence-corrected chi connectivity index (χ1v) is 4.76. The Morgan fingerprint density at radius 3 is 3.07 bits per heavy atom. The first kappa shape index (κ1) is 10.7. The summed E-state index contributed by atoms with van der Waals surface area (Å²) in [6, 6.07) is 0. The van der Waals surface area contributed by atoms with Crippen molar-refractivity contribution < 1.29 is 14.7 Å². The van der Waals surface area contributed by atoms with Crippen molar-refractivity contribution in [2.24, 2.45) is 10.2 Å². The minimum atomic E-state index is -1.00. The molecule has 1 unspecified atom stereocenters. The molecule has 0 bridgehead atoms. The van der Waals surface area contributed by atoms with E-state index >= 15 is 0 Å². The fourth-order valence-electron chi connectivity index (χ4n) is 0.855. The summed E-state index contributed by atoms with van der Waals surface area (Å²) in [4.78, 5) is 21.5. The minimum Gasteiger partial charge on any atom is -0.481 e. The molecule has 1 saturated heterocycles. The van der Waals surface area contributed by atoms with Gasteiger partial charge in [0.05, 0.1) is 6.42 Å². The van der Waals surface area contributed by atoms with E-state index in [2.05, 4.69) is 15.5 Å². The maximum Gasteiger partial charge on any atom is 0.305 e. The van der Waals surface area contributed by atoms with Crippen molar-refractivity contribution in [1.82, 2.24) is 5.32 Å².